The summed E-state index contributed by atoms with van der Waals surface area (Å²) in [5, 5.41) is 3.42. The lowest BCUT2D eigenvalue weighted by Gasteiger charge is -2.54. The Labute approximate surface area is 110 Å². The van der Waals surface area contributed by atoms with Crippen LogP contribution in [0.3, 0.4) is 0 Å². The predicted octanol–water partition coefficient (Wildman–Crippen LogP) is 3.41. The molecule has 0 bridgehead atoms. The zero-order chi connectivity index (χ0) is 12.2. The summed E-state index contributed by atoms with van der Waals surface area (Å²) in [4.78, 5) is 0. The zero-order valence-electron chi connectivity index (χ0n) is 11.3. The van der Waals surface area contributed by atoms with Crippen molar-refractivity contribution in [3.63, 3.8) is 0 Å². The summed E-state index contributed by atoms with van der Waals surface area (Å²) in [5.41, 5.74) is 5.46. The van der Waals surface area contributed by atoms with Crippen LogP contribution in [-0.2, 0) is 6.42 Å². The Morgan fingerprint density at radius 1 is 1.22 bits per heavy atom. The lowest BCUT2D eigenvalue weighted by molar-refractivity contribution is 0.000888. The summed E-state index contributed by atoms with van der Waals surface area (Å²) in [6.07, 6.45) is 7.07. The molecule has 1 spiro atoms. The fourth-order valence-electron chi connectivity index (χ4n) is 4.13. The van der Waals surface area contributed by atoms with Gasteiger partial charge in [-0.15, -0.1) is 0 Å². The lowest BCUT2D eigenvalue weighted by Crippen LogP contribution is -2.60. The number of rotatable bonds is 3. The molecule has 2 aliphatic carbocycles. The molecule has 3 fully saturated rings. The van der Waals surface area contributed by atoms with E-state index in [-0.39, 0.29) is 0 Å². The average Bonchev–Trinajstić information content (AvgIpc) is 3.04. The van der Waals surface area contributed by atoms with Crippen LogP contribution in [0.1, 0.15) is 48.3 Å². The summed E-state index contributed by atoms with van der Waals surface area (Å²) in [6.45, 7) is 4.86. The van der Waals surface area contributed by atoms with Crippen molar-refractivity contribution in [3.05, 3.63) is 34.9 Å². The van der Waals surface area contributed by atoms with Crippen molar-refractivity contribution >= 4 is 0 Å². The molecule has 1 heteroatoms. The van der Waals surface area contributed by atoms with Crippen LogP contribution in [0.25, 0.3) is 0 Å². The molecule has 18 heavy (non-hydrogen) atoms. The highest BCUT2D eigenvalue weighted by atomic mass is 15.0. The number of hydrogen-bond donors (Lipinski definition) is 1. The summed E-state index contributed by atoms with van der Waals surface area (Å²) in [6, 6.07) is 7.25. The van der Waals surface area contributed by atoms with Gasteiger partial charge in [-0.2, -0.15) is 0 Å². The highest BCUT2D eigenvalue weighted by molar-refractivity contribution is 5.36. The Bertz CT molecular complexity index is 460. The smallest absolute Gasteiger partial charge is 0.00204 e. The molecule has 0 radical (unpaired) electrons. The van der Waals surface area contributed by atoms with E-state index in [1.807, 2.05) is 0 Å². The number of aryl methyl sites for hydroxylation is 1. The maximum Gasteiger partial charge on any atom is 0.00204 e. The minimum Gasteiger partial charge on any atom is -0.316 e. The first-order chi connectivity index (χ1) is 8.74. The highest BCUT2D eigenvalue weighted by Gasteiger charge is 2.47. The molecule has 2 saturated carbocycles. The highest BCUT2D eigenvalue weighted by Crippen LogP contribution is 2.49. The molecule has 0 aromatic heterocycles. The second kappa shape index (κ2) is 3.84. The largest absolute Gasteiger partial charge is 0.316 e. The molecule has 1 saturated heterocycles. The Kier molecular flexibility index (Phi) is 2.35. The molecule has 0 amide bonds. The van der Waals surface area contributed by atoms with Gasteiger partial charge in [0.1, 0.15) is 0 Å². The second-order valence-electron chi connectivity index (χ2n) is 7.05. The van der Waals surface area contributed by atoms with Gasteiger partial charge in [0.15, 0.2) is 0 Å². The molecule has 1 aromatic rings. The van der Waals surface area contributed by atoms with Crippen LogP contribution in [0.2, 0.25) is 0 Å². The average molecular weight is 241 g/mol. The maximum absolute atomic E-state index is 3.42. The third kappa shape index (κ3) is 1.80. The van der Waals surface area contributed by atoms with Gasteiger partial charge in [0.05, 0.1) is 0 Å². The molecular formula is C17H23N. The summed E-state index contributed by atoms with van der Waals surface area (Å²) >= 11 is 0. The van der Waals surface area contributed by atoms with E-state index < -0.39 is 0 Å². The van der Waals surface area contributed by atoms with E-state index in [2.05, 4.69) is 30.4 Å². The van der Waals surface area contributed by atoms with E-state index in [1.165, 1.54) is 50.8 Å². The van der Waals surface area contributed by atoms with Crippen LogP contribution in [0, 0.1) is 18.3 Å². The van der Waals surface area contributed by atoms with Crippen molar-refractivity contribution in [2.24, 2.45) is 11.3 Å². The minimum absolute atomic E-state index is 0.730. The van der Waals surface area contributed by atoms with Gasteiger partial charge in [-0.1, -0.05) is 18.2 Å². The fourth-order valence-corrected chi connectivity index (χ4v) is 4.13. The number of nitrogens with one attached hydrogen (secondary N) is 1. The standard InChI is InChI=1S/C17H23N/c1-12-6-13(2-5-16(12)15-3-4-15)7-14-8-17(9-14)10-18-11-17/h2,5-6,14-15,18H,3-4,7-11H2,1H3. The van der Waals surface area contributed by atoms with Gasteiger partial charge in [0.2, 0.25) is 0 Å². The lowest BCUT2D eigenvalue weighted by atomic mass is 9.57. The third-order valence-electron chi connectivity index (χ3n) is 5.32. The SMILES string of the molecule is Cc1cc(CC2CC3(CNC3)C2)ccc1C1CC1. The molecule has 0 atom stereocenters. The maximum atomic E-state index is 3.42. The van der Waals surface area contributed by atoms with Crippen LogP contribution in [0.4, 0.5) is 0 Å². The van der Waals surface area contributed by atoms with E-state index >= 15 is 0 Å². The van der Waals surface area contributed by atoms with Crippen LogP contribution < -0.4 is 5.32 Å². The van der Waals surface area contributed by atoms with Gasteiger partial charge >= 0.3 is 0 Å². The van der Waals surface area contributed by atoms with E-state index in [9.17, 15) is 0 Å². The van der Waals surface area contributed by atoms with Crippen LogP contribution in [0.5, 0.6) is 0 Å². The number of benzene rings is 1. The Morgan fingerprint density at radius 2 is 2.00 bits per heavy atom. The van der Waals surface area contributed by atoms with Crippen molar-refractivity contribution in [1.82, 2.24) is 5.32 Å². The fraction of sp³-hybridized carbons (Fsp3) is 0.647. The van der Waals surface area contributed by atoms with Gasteiger partial charge in [0.25, 0.3) is 0 Å². The van der Waals surface area contributed by atoms with Crippen LogP contribution in [0.15, 0.2) is 18.2 Å². The molecule has 1 aromatic carbocycles. The molecular weight excluding hydrogens is 218 g/mol. The minimum atomic E-state index is 0.730. The van der Waals surface area contributed by atoms with E-state index in [0.29, 0.717) is 0 Å². The zero-order valence-corrected chi connectivity index (χ0v) is 11.3. The summed E-state index contributed by atoms with van der Waals surface area (Å²) in [7, 11) is 0. The normalized spacial score (nSPS) is 25.8. The first-order valence-corrected chi connectivity index (χ1v) is 7.54. The van der Waals surface area contributed by atoms with Crippen LogP contribution in [-0.4, -0.2) is 13.1 Å². The molecule has 1 N–H and O–H groups in total. The van der Waals surface area contributed by atoms with Gasteiger partial charge < -0.3 is 5.32 Å². The van der Waals surface area contributed by atoms with Gasteiger partial charge in [-0.3, -0.25) is 0 Å². The third-order valence-corrected chi connectivity index (χ3v) is 5.32. The van der Waals surface area contributed by atoms with Gasteiger partial charge in [0, 0.05) is 13.1 Å². The van der Waals surface area contributed by atoms with Crippen molar-refractivity contribution in [2.45, 2.75) is 44.9 Å². The topological polar surface area (TPSA) is 12.0 Å². The molecule has 0 unspecified atom stereocenters. The van der Waals surface area contributed by atoms with Gasteiger partial charge in [-0.25, -0.2) is 0 Å². The Morgan fingerprint density at radius 3 is 2.56 bits per heavy atom. The van der Waals surface area contributed by atoms with Crippen molar-refractivity contribution in [1.29, 1.82) is 0 Å². The Hall–Kier alpha value is -0.820. The second-order valence-corrected chi connectivity index (χ2v) is 7.05. The van der Waals surface area contributed by atoms with E-state index in [1.54, 1.807) is 11.1 Å². The number of hydrogen-bond acceptors (Lipinski definition) is 1. The van der Waals surface area contributed by atoms with E-state index in [0.717, 1.165) is 17.3 Å². The van der Waals surface area contributed by atoms with Crippen molar-refractivity contribution in [3.8, 4) is 0 Å². The molecule has 96 valence electrons. The molecule has 1 aliphatic heterocycles. The first-order valence-electron chi connectivity index (χ1n) is 7.54. The monoisotopic (exact) mass is 241 g/mol. The molecule has 3 aliphatic rings. The predicted molar refractivity (Wildman–Crippen MR) is 74.9 cm³/mol. The molecule has 4 rings (SSSR count). The van der Waals surface area contributed by atoms with Crippen LogP contribution >= 0.6 is 0 Å². The van der Waals surface area contributed by atoms with E-state index in [4.69, 9.17) is 0 Å². The summed E-state index contributed by atoms with van der Waals surface area (Å²) in [5.74, 6) is 1.85. The first kappa shape index (κ1) is 11.0. The summed E-state index contributed by atoms with van der Waals surface area (Å²) < 4.78 is 0. The van der Waals surface area contributed by atoms with Crippen molar-refractivity contribution < 1.29 is 0 Å². The van der Waals surface area contributed by atoms with Crippen molar-refractivity contribution in [2.75, 3.05) is 13.1 Å². The Balaban J connectivity index is 1.41. The molecule has 1 nitrogen and oxygen atoms in total. The van der Waals surface area contributed by atoms with Gasteiger partial charge in [-0.05, 0) is 73.0 Å². The quantitative estimate of drug-likeness (QED) is 0.855. The molecule has 1 heterocycles.